The normalized spacial score (nSPS) is 19.4. The molecule has 0 saturated carbocycles. The second-order valence-corrected chi connectivity index (χ2v) is 4.64. The molecule has 1 atom stereocenters. The number of methoxy groups -OCH3 is 2. The van der Waals surface area contributed by atoms with Gasteiger partial charge in [0, 0.05) is 6.04 Å². The minimum Gasteiger partial charge on any atom is -0.493 e. The van der Waals surface area contributed by atoms with E-state index in [1.165, 1.54) is 0 Å². The average molecular weight is 265 g/mol. The third kappa shape index (κ3) is 2.98. The van der Waals surface area contributed by atoms with Crippen molar-refractivity contribution in [1.82, 2.24) is 4.90 Å². The number of hydrogen-bond acceptors (Lipinski definition) is 4. The van der Waals surface area contributed by atoms with Crippen molar-refractivity contribution >= 4 is 5.97 Å². The zero-order chi connectivity index (χ0) is 13.8. The van der Waals surface area contributed by atoms with Crippen LogP contribution in [0.25, 0.3) is 0 Å². The summed E-state index contributed by atoms with van der Waals surface area (Å²) in [5.74, 6) is 0.587. The summed E-state index contributed by atoms with van der Waals surface area (Å²) in [6, 6.07) is 5.93. The van der Waals surface area contributed by atoms with Crippen LogP contribution in [0.3, 0.4) is 0 Å². The van der Waals surface area contributed by atoms with E-state index < -0.39 is 5.97 Å². The molecule has 5 nitrogen and oxygen atoms in total. The Morgan fingerprint density at radius 2 is 2.11 bits per heavy atom. The first-order chi connectivity index (χ1) is 9.15. The highest BCUT2D eigenvalue weighted by Gasteiger charge is 2.28. The van der Waals surface area contributed by atoms with Crippen LogP contribution in [0.15, 0.2) is 18.2 Å². The number of benzene rings is 1. The molecule has 1 heterocycles. The average Bonchev–Trinajstić information content (AvgIpc) is 2.85. The third-order valence-corrected chi connectivity index (χ3v) is 3.49. The van der Waals surface area contributed by atoms with Gasteiger partial charge in [0.25, 0.3) is 0 Å². The summed E-state index contributed by atoms with van der Waals surface area (Å²) in [4.78, 5) is 12.9. The second kappa shape index (κ2) is 5.93. The van der Waals surface area contributed by atoms with Crippen LogP contribution in [-0.4, -0.2) is 43.3 Å². The molecule has 2 rings (SSSR count). The number of hydrogen-bond donors (Lipinski definition) is 1. The largest absolute Gasteiger partial charge is 0.493 e. The van der Waals surface area contributed by atoms with Crippen LogP contribution in [0.5, 0.6) is 11.5 Å². The molecule has 1 aromatic rings. The lowest BCUT2D eigenvalue weighted by molar-refractivity contribution is -0.138. The van der Waals surface area contributed by atoms with Gasteiger partial charge >= 0.3 is 5.97 Å². The summed E-state index contributed by atoms with van der Waals surface area (Å²) < 4.78 is 10.5. The Kier molecular flexibility index (Phi) is 4.27. The molecule has 1 aromatic carbocycles. The predicted octanol–water partition coefficient (Wildman–Crippen LogP) is 1.93. The molecule has 0 spiro atoms. The minimum atomic E-state index is -0.785. The summed E-state index contributed by atoms with van der Waals surface area (Å²) in [5, 5.41) is 8.94. The van der Waals surface area contributed by atoms with Gasteiger partial charge in [-0.15, -0.1) is 0 Å². The zero-order valence-electron chi connectivity index (χ0n) is 11.3. The van der Waals surface area contributed by atoms with Crippen molar-refractivity contribution < 1.29 is 19.4 Å². The Bertz CT molecular complexity index is 461. The van der Waals surface area contributed by atoms with Crippen molar-refractivity contribution in [2.24, 2.45) is 0 Å². The first-order valence-corrected chi connectivity index (χ1v) is 6.33. The van der Waals surface area contributed by atoms with Gasteiger partial charge in [-0.3, -0.25) is 9.69 Å². The highest BCUT2D eigenvalue weighted by molar-refractivity contribution is 5.69. The van der Waals surface area contributed by atoms with E-state index in [1.54, 1.807) is 14.2 Å². The maximum absolute atomic E-state index is 10.9. The maximum Gasteiger partial charge on any atom is 0.317 e. The van der Waals surface area contributed by atoms with Crippen LogP contribution in [-0.2, 0) is 4.79 Å². The predicted molar refractivity (Wildman–Crippen MR) is 70.7 cm³/mol. The molecule has 0 radical (unpaired) electrons. The third-order valence-electron chi connectivity index (χ3n) is 3.49. The number of likely N-dealkylation sites (tertiary alicyclic amines) is 1. The summed E-state index contributed by atoms with van der Waals surface area (Å²) in [5.41, 5.74) is 1.08. The topological polar surface area (TPSA) is 59.0 Å². The Morgan fingerprint density at radius 1 is 1.37 bits per heavy atom. The lowest BCUT2D eigenvalue weighted by atomic mass is 10.0. The van der Waals surface area contributed by atoms with Gasteiger partial charge in [0.1, 0.15) is 0 Å². The Morgan fingerprint density at radius 3 is 2.74 bits per heavy atom. The summed E-state index contributed by atoms with van der Waals surface area (Å²) in [6.45, 7) is 0.907. The van der Waals surface area contributed by atoms with Crippen LogP contribution in [0.1, 0.15) is 24.4 Å². The van der Waals surface area contributed by atoms with Gasteiger partial charge in [0.15, 0.2) is 11.5 Å². The van der Waals surface area contributed by atoms with Crippen molar-refractivity contribution in [2.75, 3.05) is 27.3 Å². The molecule has 0 bridgehead atoms. The smallest absolute Gasteiger partial charge is 0.317 e. The second-order valence-electron chi connectivity index (χ2n) is 4.64. The van der Waals surface area contributed by atoms with E-state index in [2.05, 4.69) is 0 Å². The molecule has 0 unspecified atom stereocenters. The molecule has 104 valence electrons. The number of carbonyl (C=O) groups is 1. The van der Waals surface area contributed by atoms with E-state index in [0.29, 0.717) is 11.5 Å². The maximum atomic E-state index is 10.9. The number of nitrogens with zero attached hydrogens (tertiary/aromatic N) is 1. The van der Waals surface area contributed by atoms with Gasteiger partial charge in [0.2, 0.25) is 0 Å². The summed E-state index contributed by atoms with van der Waals surface area (Å²) in [6.07, 6.45) is 2.00. The Hall–Kier alpha value is -1.75. The zero-order valence-corrected chi connectivity index (χ0v) is 11.3. The molecule has 1 aliphatic rings. The Balaban J connectivity index is 2.23. The number of rotatable bonds is 5. The van der Waals surface area contributed by atoms with Gasteiger partial charge < -0.3 is 14.6 Å². The molecule has 1 fully saturated rings. The van der Waals surface area contributed by atoms with Gasteiger partial charge in [-0.25, -0.2) is 0 Å². The van der Waals surface area contributed by atoms with Crippen molar-refractivity contribution in [2.45, 2.75) is 18.9 Å². The van der Waals surface area contributed by atoms with Gasteiger partial charge in [-0.05, 0) is 37.1 Å². The molecule has 1 saturated heterocycles. The number of aliphatic carboxylic acids is 1. The fraction of sp³-hybridized carbons (Fsp3) is 0.500. The first-order valence-electron chi connectivity index (χ1n) is 6.33. The molecule has 0 aromatic heterocycles. The first kappa shape index (κ1) is 13.7. The molecule has 1 aliphatic heterocycles. The molecular formula is C14H19NO4. The van der Waals surface area contributed by atoms with E-state index in [9.17, 15) is 4.79 Å². The van der Waals surface area contributed by atoms with Crippen LogP contribution in [0.2, 0.25) is 0 Å². The van der Waals surface area contributed by atoms with Gasteiger partial charge in [0.05, 0.1) is 20.8 Å². The minimum absolute atomic E-state index is 0.0824. The lowest BCUT2D eigenvalue weighted by Gasteiger charge is -2.23. The lowest BCUT2D eigenvalue weighted by Crippen LogP contribution is -2.29. The number of carboxylic acids is 1. The molecule has 1 N–H and O–H groups in total. The molecule has 0 aliphatic carbocycles. The monoisotopic (exact) mass is 265 g/mol. The highest BCUT2D eigenvalue weighted by Crippen LogP contribution is 2.36. The van der Waals surface area contributed by atoms with Crippen LogP contribution < -0.4 is 9.47 Å². The van der Waals surface area contributed by atoms with E-state index in [-0.39, 0.29) is 12.6 Å². The van der Waals surface area contributed by atoms with Crippen LogP contribution in [0.4, 0.5) is 0 Å². The fourth-order valence-electron chi connectivity index (χ4n) is 2.63. The van der Waals surface area contributed by atoms with Crippen LogP contribution >= 0.6 is 0 Å². The Labute approximate surface area is 112 Å². The van der Waals surface area contributed by atoms with E-state index in [0.717, 1.165) is 24.9 Å². The molecule has 5 heteroatoms. The van der Waals surface area contributed by atoms with Crippen molar-refractivity contribution in [1.29, 1.82) is 0 Å². The molecular weight excluding hydrogens is 246 g/mol. The van der Waals surface area contributed by atoms with Gasteiger partial charge in [-0.1, -0.05) is 6.07 Å². The molecule has 19 heavy (non-hydrogen) atoms. The van der Waals surface area contributed by atoms with Crippen molar-refractivity contribution in [3.63, 3.8) is 0 Å². The number of ether oxygens (including phenoxy) is 2. The highest BCUT2D eigenvalue weighted by atomic mass is 16.5. The number of carboxylic acid groups (broad SMARTS) is 1. The van der Waals surface area contributed by atoms with E-state index >= 15 is 0 Å². The summed E-state index contributed by atoms with van der Waals surface area (Å²) >= 11 is 0. The molecule has 0 amide bonds. The van der Waals surface area contributed by atoms with Gasteiger partial charge in [-0.2, -0.15) is 0 Å². The van der Waals surface area contributed by atoms with E-state index in [4.69, 9.17) is 14.6 Å². The van der Waals surface area contributed by atoms with Crippen molar-refractivity contribution in [3.8, 4) is 11.5 Å². The van der Waals surface area contributed by atoms with Crippen LogP contribution in [0, 0.1) is 0 Å². The quantitative estimate of drug-likeness (QED) is 0.881. The van der Waals surface area contributed by atoms with Crippen molar-refractivity contribution in [3.05, 3.63) is 23.8 Å². The fourth-order valence-corrected chi connectivity index (χ4v) is 2.63. The van der Waals surface area contributed by atoms with E-state index in [1.807, 2.05) is 23.1 Å². The SMILES string of the molecule is COc1ccc([C@@H]2CCCN2CC(=O)O)cc1OC. The summed E-state index contributed by atoms with van der Waals surface area (Å²) in [7, 11) is 3.20. The standard InChI is InChI=1S/C14H19NO4/c1-18-12-6-5-10(8-13(12)19-2)11-4-3-7-15(11)9-14(16)17/h5-6,8,11H,3-4,7,9H2,1-2H3,(H,16,17)/t11-/m0/s1.